The second kappa shape index (κ2) is 6.68. The minimum absolute atomic E-state index is 0.477. The Hall–Kier alpha value is -1.39. The lowest BCUT2D eigenvalue weighted by Gasteiger charge is -2.24. The fraction of sp³-hybridized carbons (Fsp3) is 0.533. The van der Waals surface area contributed by atoms with Crippen molar-refractivity contribution >= 4 is 5.97 Å². The minimum Gasteiger partial charge on any atom is -0.480 e. The molecule has 2 N–H and O–H groups in total. The van der Waals surface area contributed by atoms with Crippen molar-refractivity contribution in [3.05, 3.63) is 35.4 Å². The second-order valence-electron chi connectivity index (χ2n) is 5.06. The number of aliphatic carboxylic acids is 1. The fourth-order valence-electron chi connectivity index (χ4n) is 2.66. The number of rotatable bonds is 5. The number of fused-ring (bicyclic) bond motifs is 1. The molecular weight excluding hydrogens is 240 g/mol. The zero-order valence-corrected chi connectivity index (χ0v) is 11.4. The van der Waals surface area contributed by atoms with Crippen LogP contribution in [-0.2, 0) is 17.8 Å². The highest BCUT2D eigenvalue weighted by Crippen LogP contribution is 2.18. The molecule has 0 spiro atoms. The highest BCUT2D eigenvalue weighted by molar-refractivity contribution is 5.73. The first-order valence-electron chi connectivity index (χ1n) is 6.96. The summed E-state index contributed by atoms with van der Waals surface area (Å²) in [7, 11) is 0. The van der Waals surface area contributed by atoms with E-state index in [1.54, 1.807) is 0 Å². The van der Waals surface area contributed by atoms with E-state index in [0.29, 0.717) is 13.1 Å². The summed E-state index contributed by atoms with van der Waals surface area (Å²) in [6, 6.07) is 7.98. The maximum Gasteiger partial charge on any atom is 0.322 e. The van der Waals surface area contributed by atoms with Crippen molar-refractivity contribution in [2.24, 2.45) is 0 Å². The molecule has 0 saturated heterocycles. The van der Waals surface area contributed by atoms with Crippen LogP contribution in [0.1, 0.15) is 24.5 Å². The van der Waals surface area contributed by atoms with Gasteiger partial charge in [-0.25, -0.2) is 0 Å². The molecule has 4 heteroatoms. The highest BCUT2D eigenvalue weighted by atomic mass is 16.4. The highest BCUT2D eigenvalue weighted by Gasteiger charge is 2.21. The average Bonchev–Trinajstić information content (AvgIpc) is 2.59. The molecule has 1 atom stereocenters. The van der Waals surface area contributed by atoms with E-state index >= 15 is 0 Å². The average molecular weight is 262 g/mol. The minimum atomic E-state index is -0.764. The second-order valence-corrected chi connectivity index (χ2v) is 5.06. The van der Waals surface area contributed by atoms with Crippen molar-refractivity contribution in [1.82, 2.24) is 10.2 Å². The van der Waals surface area contributed by atoms with Gasteiger partial charge in [-0.3, -0.25) is 9.69 Å². The monoisotopic (exact) mass is 262 g/mol. The van der Waals surface area contributed by atoms with Gasteiger partial charge in [0.25, 0.3) is 0 Å². The Morgan fingerprint density at radius 2 is 2.16 bits per heavy atom. The standard InChI is InChI=1S/C15H22N2O2/c1-2-16-14(15(18)19)11-17-9-5-8-12-6-3-4-7-13(12)10-17/h3-4,6-7,14,16H,2,5,8-11H2,1H3,(H,18,19). The third-order valence-corrected chi connectivity index (χ3v) is 3.62. The number of carboxylic acid groups (broad SMARTS) is 1. The maximum absolute atomic E-state index is 11.2. The number of carbonyl (C=O) groups is 1. The number of benzene rings is 1. The number of hydrogen-bond acceptors (Lipinski definition) is 3. The molecule has 0 bridgehead atoms. The van der Waals surface area contributed by atoms with Crippen LogP contribution in [0, 0.1) is 0 Å². The van der Waals surface area contributed by atoms with E-state index in [9.17, 15) is 9.90 Å². The number of carboxylic acids is 1. The molecule has 104 valence electrons. The van der Waals surface area contributed by atoms with Crippen molar-refractivity contribution in [2.45, 2.75) is 32.4 Å². The van der Waals surface area contributed by atoms with Gasteiger partial charge in [-0.15, -0.1) is 0 Å². The molecule has 1 unspecified atom stereocenters. The maximum atomic E-state index is 11.2. The van der Waals surface area contributed by atoms with Gasteiger partial charge in [-0.1, -0.05) is 31.2 Å². The van der Waals surface area contributed by atoms with E-state index in [1.807, 2.05) is 6.92 Å². The summed E-state index contributed by atoms with van der Waals surface area (Å²) < 4.78 is 0. The smallest absolute Gasteiger partial charge is 0.322 e. The number of nitrogens with zero attached hydrogens (tertiary/aromatic N) is 1. The third-order valence-electron chi connectivity index (χ3n) is 3.62. The molecule has 0 amide bonds. The van der Waals surface area contributed by atoms with Crippen LogP contribution < -0.4 is 5.32 Å². The lowest BCUT2D eigenvalue weighted by Crippen LogP contribution is -2.46. The van der Waals surface area contributed by atoms with E-state index in [0.717, 1.165) is 25.9 Å². The summed E-state index contributed by atoms with van der Waals surface area (Å²) in [5.74, 6) is -0.764. The van der Waals surface area contributed by atoms with E-state index in [1.165, 1.54) is 11.1 Å². The number of hydrogen-bond donors (Lipinski definition) is 2. The molecule has 1 aromatic carbocycles. The van der Waals surface area contributed by atoms with Gasteiger partial charge < -0.3 is 10.4 Å². The summed E-state index contributed by atoms with van der Waals surface area (Å²) in [5, 5.41) is 12.2. The molecule has 1 aliphatic heterocycles. The van der Waals surface area contributed by atoms with Crippen LogP contribution >= 0.6 is 0 Å². The van der Waals surface area contributed by atoms with Gasteiger partial charge in [0.2, 0.25) is 0 Å². The summed E-state index contributed by atoms with van der Waals surface area (Å²) in [4.78, 5) is 13.4. The van der Waals surface area contributed by atoms with Crippen molar-refractivity contribution in [3.8, 4) is 0 Å². The quantitative estimate of drug-likeness (QED) is 0.844. The third kappa shape index (κ3) is 3.78. The van der Waals surface area contributed by atoms with E-state index < -0.39 is 12.0 Å². The predicted octanol–water partition coefficient (Wildman–Crippen LogP) is 1.50. The van der Waals surface area contributed by atoms with Gasteiger partial charge in [0.05, 0.1) is 0 Å². The first kappa shape index (κ1) is 14.0. The summed E-state index contributed by atoms with van der Waals surface area (Å²) in [6.07, 6.45) is 2.18. The lowest BCUT2D eigenvalue weighted by molar-refractivity contribution is -0.140. The molecule has 1 heterocycles. The first-order valence-corrected chi connectivity index (χ1v) is 6.96. The topological polar surface area (TPSA) is 52.6 Å². The van der Waals surface area contributed by atoms with E-state index in [-0.39, 0.29) is 0 Å². The Balaban J connectivity index is 2.03. The molecule has 0 radical (unpaired) electrons. The Labute approximate surface area is 114 Å². The largest absolute Gasteiger partial charge is 0.480 e. The molecule has 0 fully saturated rings. The fourth-order valence-corrected chi connectivity index (χ4v) is 2.66. The summed E-state index contributed by atoms with van der Waals surface area (Å²) in [5.41, 5.74) is 2.74. The van der Waals surface area contributed by atoms with E-state index in [2.05, 4.69) is 34.5 Å². The van der Waals surface area contributed by atoms with Crippen molar-refractivity contribution < 1.29 is 9.90 Å². The Morgan fingerprint density at radius 1 is 1.42 bits per heavy atom. The number of nitrogens with one attached hydrogen (secondary N) is 1. The van der Waals surface area contributed by atoms with Crippen LogP contribution in [0.5, 0.6) is 0 Å². The molecular formula is C15H22N2O2. The van der Waals surface area contributed by atoms with Crippen LogP contribution in [-0.4, -0.2) is 41.7 Å². The van der Waals surface area contributed by atoms with Crippen molar-refractivity contribution in [2.75, 3.05) is 19.6 Å². The Morgan fingerprint density at radius 3 is 2.84 bits per heavy atom. The Kier molecular flexibility index (Phi) is 4.93. The molecule has 2 rings (SSSR count). The Bertz CT molecular complexity index is 434. The molecule has 0 saturated carbocycles. The molecule has 4 nitrogen and oxygen atoms in total. The van der Waals surface area contributed by atoms with Crippen molar-refractivity contribution in [3.63, 3.8) is 0 Å². The van der Waals surface area contributed by atoms with Gasteiger partial charge in [0.15, 0.2) is 0 Å². The SMILES string of the molecule is CCNC(CN1CCCc2ccccc2C1)C(=O)O. The van der Waals surface area contributed by atoms with E-state index in [4.69, 9.17) is 0 Å². The van der Waals surface area contributed by atoms with Crippen LogP contribution in [0.2, 0.25) is 0 Å². The van der Waals surface area contributed by atoms with Crippen molar-refractivity contribution in [1.29, 1.82) is 0 Å². The van der Waals surface area contributed by atoms with Crippen LogP contribution in [0.25, 0.3) is 0 Å². The van der Waals surface area contributed by atoms with Crippen LogP contribution in [0.4, 0.5) is 0 Å². The lowest BCUT2D eigenvalue weighted by atomic mass is 10.0. The number of aryl methyl sites for hydroxylation is 1. The summed E-state index contributed by atoms with van der Waals surface area (Å²) >= 11 is 0. The summed E-state index contributed by atoms with van der Waals surface area (Å²) in [6.45, 7) is 5.00. The molecule has 1 aliphatic rings. The van der Waals surface area contributed by atoms with Gasteiger partial charge in [0.1, 0.15) is 6.04 Å². The zero-order chi connectivity index (χ0) is 13.7. The molecule has 0 aliphatic carbocycles. The predicted molar refractivity (Wildman–Crippen MR) is 75.1 cm³/mol. The first-order chi connectivity index (χ1) is 9.20. The van der Waals surface area contributed by atoms with Gasteiger partial charge in [-0.2, -0.15) is 0 Å². The van der Waals surface area contributed by atoms with Crippen LogP contribution in [0.3, 0.4) is 0 Å². The molecule has 19 heavy (non-hydrogen) atoms. The van der Waals surface area contributed by atoms with Gasteiger partial charge in [-0.05, 0) is 37.1 Å². The molecule has 1 aromatic rings. The van der Waals surface area contributed by atoms with Gasteiger partial charge >= 0.3 is 5.97 Å². The zero-order valence-electron chi connectivity index (χ0n) is 11.4. The normalized spacial score (nSPS) is 17.5. The van der Waals surface area contributed by atoms with Gasteiger partial charge in [0, 0.05) is 13.1 Å². The van der Waals surface area contributed by atoms with Crippen LogP contribution in [0.15, 0.2) is 24.3 Å². The molecule has 0 aromatic heterocycles. The number of likely N-dealkylation sites (N-methyl/N-ethyl adjacent to an activating group) is 1.